The zero-order chi connectivity index (χ0) is 73.0. The molecule has 0 rings (SSSR count). The minimum Gasteiger partial charge on any atom is -0.462 e. The van der Waals surface area contributed by atoms with E-state index in [-0.39, 0.29) is 25.7 Å². The SMILES string of the molecule is CCCCCCCCCCCCCCCCCCCCCCCC(=O)O[C@H](COC(=O)CCCCCCCCCCCCCCCCCCC(C)C)COP(=O)(O)OC[C@@H](O)COP(=O)(O)OC[C@@H](COC(=O)CCCCCCCCC(C)C)OC(=O)CCCCCCCCC(C)CC. The number of esters is 4. The number of aliphatic hydroxyl groups is 1. The third-order valence-electron chi connectivity index (χ3n) is 19.0. The lowest BCUT2D eigenvalue weighted by Crippen LogP contribution is -2.30. The standard InChI is InChI=1S/C80H156O17P2/c1-8-10-11-12-13-14-15-16-17-18-19-20-21-22-27-30-33-36-39-49-56-63-79(84)96-75(67-90-77(82)61-54-47-38-35-32-29-26-24-23-25-28-31-34-37-44-51-58-71(3)4)69-94-98(86,87)92-65-74(81)66-93-99(88,89)95-70-76(68-91-78(83)62-55-48-42-40-45-52-59-72(5)6)97-80(85)64-57-50-43-41-46-53-60-73(7)9-2/h71-76,81H,8-70H2,1-7H3,(H,86,87)(H,88,89)/t73?,74-,75-,76-/m1/s1. The van der Waals surface area contributed by atoms with Gasteiger partial charge in [-0.3, -0.25) is 37.3 Å². The van der Waals surface area contributed by atoms with E-state index in [4.69, 9.17) is 37.0 Å². The summed E-state index contributed by atoms with van der Waals surface area (Å²) in [5.41, 5.74) is 0. The first-order chi connectivity index (χ1) is 47.8. The molecule has 0 spiro atoms. The maximum absolute atomic E-state index is 13.1. The summed E-state index contributed by atoms with van der Waals surface area (Å²) >= 11 is 0. The van der Waals surface area contributed by atoms with Crippen molar-refractivity contribution in [1.82, 2.24) is 0 Å². The van der Waals surface area contributed by atoms with Crippen LogP contribution in [0.4, 0.5) is 0 Å². The average Bonchev–Trinajstić information content (AvgIpc) is 1.01. The Morgan fingerprint density at radius 3 is 0.768 bits per heavy atom. The highest BCUT2D eigenvalue weighted by Crippen LogP contribution is 2.45. The van der Waals surface area contributed by atoms with E-state index in [1.54, 1.807) is 0 Å². The Hall–Kier alpha value is -1.94. The zero-order valence-electron chi connectivity index (χ0n) is 65.0. The van der Waals surface area contributed by atoms with Crippen molar-refractivity contribution >= 4 is 39.5 Å². The van der Waals surface area contributed by atoms with Gasteiger partial charge in [-0.1, -0.05) is 363 Å². The maximum Gasteiger partial charge on any atom is 0.472 e. The predicted molar refractivity (Wildman–Crippen MR) is 405 cm³/mol. The van der Waals surface area contributed by atoms with Gasteiger partial charge in [0.15, 0.2) is 12.2 Å². The molecule has 0 aliphatic carbocycles. The lowest BCUT2D eigenvalue weighted by molar-refractivity contribution is -0.161. The first-order valence-electron chi connectivity index (χ1n) is 41.4. The van der Waals surface area contributed by atoms with Crippen molar-refractivity contribution in [1.29, 1.82) is 0 Å². The maximum atomic E-state index is 13.1. The molecule has 0 amide bonds. The van der Waals surface area contributed by atoms with Crippen LogP contribution in [0.2, 0.25) is 0 Å². The molecule has 0 bridgehead atoms. The van der Waals surface area contributed by atoms with Crippen molar-refractivity contribution < 1.29 is 80.2 Å². The fourth-order valence-electron chi connectivity index (χ4n) is 12.3. The van der Waals surface area contributed by atoms with Crippen molar-refractivity contribution in [2.75, 3.05) is 39.6 Å². The summed E-state index contributed by atoms with van der Waals surface area (Å²) in [7, 11) is -9.92. The number of rotatable bonds is 78. The van der Waals surface area contributed by atoms with Crippen LogP contribution < -0.4 is 0 Å². The molecule has 6 atom stereocenters. The second-order valence-corrected chi connectivity index (χ2v) is 32.9. The van der Waals surface area contributed by atoms with Gasteiger partial charge in [0.25, 0.3) is 0 Å². The second-order valence-electron chi connectivity index (χ2n) is 30.0. The van der Waals surface area contributed by atoms with Crippen LogP contribution in [0.25, 0.3) is 0 Å². The van der Waals surface area contributed by atoms with Crippen LogP contribution in [-0.2, 0) is 65.4 Å². The molecule has 0 radical (unpaired) electrons. The fourth-order valence-corrected chi connectivity index (χ4v) is 13.9. The van der Waals surface area contributed by atoms with Crippen molar-refractivity contribution in [3.63, 3.8) is 0 Å². The predicted octanol–water partition coefficient (Wildman–Crippen LogP) is 23.7. The second kappa shape index (κ2) is 70.4. The van der Waals surface area contributed by atoms with E-state index in [1.807, 2.05) is 0 Å². The Labute approximate surface area is 607 Å². The third-order valence-corrected chi connectivity index (χ3v) is 20.9. The summed E-state index contributed by atoms with van der Waals surface area (Å²) in [6.45, 7) is 11.8. The van der Waals surface area contributed by atoms with Crippen molar-refractivity contribution in [2.24, 2.45) is 17.8 Å². The van der Waals surface area contributed by atoms with E-state index in [1.165, 1.54) is 218 Å². The molecule has 0 aromatic heterocycles. The number of phosphoric acid groups is 2. The number of aliphatic hydroxyl groups excluding tert-OH is 1. The van der Waals surface area contributed by atoms with E-state index in [0.29, 0.717) is 31.6 Å². The smallest absolute Gasteiger partial charge is 0.462 e. The summed E-state index contributed by atoms with van der Waals surface area (Å²) in [6, 6.07) is 0. The van der Waals surface area contributed by atoms with Gasteiger partial charge in [-0.05, 0) is 43.4 Å². The van der Waals surface area contributed by atoms with Crippen LogP contribution in [0.1, 0.15) is 414 Å². The van der Waals surface area contributed by atoms with Gasteiger partial charge in [-0.15, -0.1) is 0 Å². The Balaban J connectivity index is 5.18. The Morgan fingerprint density at radius 2 is 0.515 bits per heavy atom. The molecule has 99 heavy (non-hydrogen) atoms. The monoisotopic (exact) mass is 1450 g/mol. The summed E-state index contributed by atoms with van der Waals surface area (Å²) in [4.78, 5) is 72.8. The summed E-state index contributed by atoms with van der Waals surface area (Å²) < 4.78 is 68.6. The first kappa shape index (κ1) is 97.1. The molecule has 0 aliphatic heterocycles. The van der Waals surface area contributed by atoms with Crippen LogP contribution in [0, 0.1) is 17.8 Å². The lowest BCUT2D eigenvalue weighted by atomic mass is 10.00. The van der Waals surface area contributed by atoms with E-state index in [9.17, 15) is 43.2 Å². The summed E-state index contributed by atoms with van der Waals surface area (Å²) in [5, 5.41) is 10.6. The average molecular weight is 1450 g/mol. The largest absolute Gasteiger partial charge is 0.472 e. The van der Waals surface area contributed by atoms with Crippen molar-refractivity contribution in [2.45, 2.75) is 433 Å². The molecule has 17 nitrogen and oxygen atoms in total. The molecule has 0 aliphatic rings. The molecule has 0 saturated heterocycles. The molecule has 3 unspecified atom stereocenters. The van der Waals surface area contributed by atoms with Crippen LogP contribution >= 0.6 is 15.6 Å². The van der Waals surface area contributed by atoms with Crippen LogP contribution in [0.15, 0.2) is 0 Å². The molecule has 0 heterocycles. The molecule has 0 fully saturated rings. The van der Waals surface area contributed by atoms with Crippen molar-refractivity contribution in [3.05, 3.63) is 0 Å². The number of hydrogen-bond acceptors (Lipinski definition) is 15. The highest BCUT2D eigenvalue weighted by Gasteiger charge is 2.30. The van der Waals surface area contributed by atoms with Gasteiger partial charge < -0.3 is 33.8 Å². The summed E-state index contributed by atoms with van der Waals surface area (Å²) in [6.07, 6.45) is 58.8. The number of phosphoric ester groups is 2. The first-order valence-corrected chi connectivity index (χ1v) is 44.4. The van der Waals surface area contributed by atoms with E-state index in [0.717, 1.165) is 108 Å². The molecular formula is C80H156O17P2. The molecule has 19 heteroatoms. The number of carbonyl (C=O) groups is 4. The van der Waals surface area contributed by atoms with Gasteiger partial charge in [0.1, 0.15) is 19.3 Å². The van der Waals surface area contributed by atoms with Crippen molar-refractivity contribution in [3.8, 4) is 0 Å². The van der Waals surface area contributed by atoms with Crippen LogP contribution in [0.5, 0.6) is 0 Å². The Bertz CT molecular complexity index is 1920. The van der Waals surface area contributed by atoms with Gasteiger partial charge in [-0.25, -0.2) is 9.13 Å². The molecular weight excluding hydrogens is 1290 g/mol. The van der Waals surface area contributed by atoms with Crippen LogP contribution in [-0.4, -0.2) is 96.7 Å². The zero-order valence-corrected chi connectivity index (χ0v) is 66.8. The molecule has 0 aromatic carbocycles. The van der Waals surface area contributed by atoms with E-state index >= 15 is 0 Å². The molecule has 0 aromatic rings. The van der Waals surface area contributed by atoms with Gasteiger partial charge in [-0.2, -0.15) is 0 Å². The van der Waals surface area contributed by atoms with E-state index in [2.05, 4.69) is 48.5 Å². The Kier molecular flexibility index (Phi) is 69.0. The van der Waals surface area contributed by atoms with Gasteiger partial charge in [0, 0.05) is 25.7 Å². The number of hydrogen-bond donors (Lipinski definition) is 3. The van der Waals surface area contributed by atoms with Gasteiger partial charge >= 0.3 is 39.5 Å². The fraction of sp³-hybridized carbons (Fsp3) is 0.950. The Morgan fingerprint density at radius 1 is 0.293 bits per heavy atom. The third kappa shape index (κ3) is 72.8. The topological polar surface area (TPSA) is 237 Å². The van der Waals surface area contributed by atoms with Gasteiger partial charge in [0.2, 0.25) is 0 Å². The number of carbonyl (C=O) groups excluding carboxylic acids is 4. The number of ether oxygens (including phenoxy) is 4. The molecule has 588 valence electrons. The molecule has 3 N–H and O–H groups in total. The van der Waals surface area contributed by atoms with E-state index < -0.39 is 97.5 Å². The number of unbranched alkanes of at least 4 members (excludes halogenated alkanes) is 45. The highest BCUT2D eigenvalue weighted by atomic mass is 31.2. The quantitative estimate of drug-likeness (QED) is 0.0222. The molecule has 0 saturated carbocycles. The lowest BCUT2D eigenvalue weighted by Gasteiger charge is -2.21. The summed E-state index contributed by atoms with van der Waals surface area (Å²) in [5.74, 6) is 0.0923. The van der Waals surface area contributed by atoms with Gasteiger partial charge in [0.05, 0.1) is 26.4 Å². The minimum absolute atomic E-state index is 0.102. The van der Waals surface area contributed by atoms with Crippen LogP contribution in [0.3, 0.4) is 0 Å². The normalized spacial score (nSPS) is 14.3. The minimum atomic E-state index is -4.96. The highest BCUT2D eigenvalue weighted by molar-refractivity contribution is 7.47.